The Hall–Kier alpha value is -1.17. The summed E-state index contributed by atoms with van der Waals surface area (Å²) in [5.41, 5.74) is 8.99. The number of rotatable bonds is 2. The van der Waals surface area contributed by atoms with Crippen molar-refractivity contribution in [3.05, 3.63) is 5.69 Å². The van der Waals surface area contributed by atoms with Gasteiger partial charge in [-0.1, -0.05) is 0 Å². The molecule has 6 heteroatoms. The highest BCUT2D eigenvalue weighted by atomic mass is 32.2. The van der Waals surface area contributed by atoms with Crippen LogP contribution in [-0.4, -0.2) is 29.8 Å². The molecule has 3 heterocycles. The van der Waals surface area contributed by atoms with E-state index in [1.165, 1.54) is 18.6 Å². The molecule has 0 radical (unpaired) electrons. The van der Waals surface area contributed by atoms with E-state index < -0.39 is 0 Å². The second-order valence-electron chi connectivity index (χ2n) is 5.34. The third kappa shape index (κ3) is 1.70. The highest BCUT2D eigenvalue weighted by Gasteiger charge is 2.31. The van der Waals surface area contributed by atoms with Crippen LogP contribution >= 0.6 is 11.8 Å². The monoisotopic (exact) mass is 265 g/mol. The van der Waals surface area contributed by atoms with Crippen LogP contribution in [0.25, 0.3) is 11.2 Å². The lowest BCUT2D eigenvalue weighted by Crippen LogP contribution is -2.25. The van der Waals surface area contributed by atoms with Gasteiger partial charge in [0, 0.05) is 18.3 Å². The fourth-order valence-corrected chi connectivity index (χ4v) is 4.09. The van der Waals surface area contributed by atoms with Crippen LogP contribution < -0.4 is 5.73 Å². The van der Waals surface area contributed by atoms with Crippen molar-refractivity contribution in [2.75, 3.05) is 11.5 Å². The zero-order valence-corrected chi connectivity index (χ0v) is 11.9. The van der Waals surface area contributed by atoms with Gasteiger partial charge in [0.15, 0.2) is 5.65 Å². The first-order chi connectivity index (χ1) is 8.50. The average Bonchev–Trinajstić information content (AvgIpc) is 2.91. The minimum absolute atomic E-state index is 0.278. The molecule has 1 unspecified atom stereocenters. The van der Waals surface area contributed by atoms with Gasteiger partial charge in [0.2, 0.25) is 5.95 Å². The Morgan fingerprint density at radius 2 is 2.28 bits per heavy atom. The van der Waals surface area contributed by atoms with Crippen LogP contribution in [0.5, 0.6) is 0 Å². The number of nitrogen functional groups attached to an aromatic ring is 1. The molecule has 1 aliphatic rings. The summed E-state index contributed by atoms with van der Waals surface area (Å²) in [5, 5.41) is 4.42. The number of hydrogen-bond acceptors (Lipinski definition) is 4. The molecule has 1 atom stereocenters. The Balaban J connectivity index is 2.08. The van der Waals surface area contributed by atoms with Gasteiger partial charge in [0.25, 0.3) is 0 Å². The number of imidazole rings is 1. The van der Waals surface area contributed by atoms with Crippen molar-refractivity contribution in [2.24, 2.45) is 7.05 Å². The largest absolute Gasteiger partial charge is 0.369 e. The summed E-state index contributed by atoms with van der Waals surface area (Å²) in [5.74, 6) is 1.85. The number of anilines is 1. The molecule has 1 fully saturated rings. The van der Waals surface area contributed by atoms with Crippen LogP contribution in [0.2, 0.25) is 0 Å². The fraction of sp³-hybridized carbons (Fsp3) is 0.667. The number of hydrogen-bond donors (Lipinski definition) is 1. The zero-order chi connectivity index (χ0) is 12.9. The van der Waals surface area contributed by atoms with Gasteiger partial charge in [0.1, 0.15) is 5.52 Å². The molecule has 2 N–H and O–H groups in total. The van der Waals surface area contributed by atoms with Crippen LogP contribution in [-0.2, 0) is 13.6 Å². The third-order valence-corrected chi connectivity index (χ3v) is 5.24. The van der Waals surface area contributed by atoms with Crippen molar-refractivity contribution in [2.45, 2.75) is 38.0 Å². The van der Waals surface area contributed by atoms with Gasteiger partial charge in [0.05, 0.1) is 5.69 Å². The molecule has 98 valence electrons. The van der Waals surface area contributed by atoms with Crippen LogP contribution in [0.1, 0.15) is 25.5 Å². The number of aromatic nitrogens is 4. The second-order valence-corrected chi connectivity index (χ2v) is 7.02. The van der Waals surface area contributed by atoms with E-state index in [1.54, 1.807) is 0 Å². The number of fused-ring (bicyclic) bond motifs is 1. The van der Waals surface area contributed by atoms with Crippen molar-refractivity contribution in [1.82, 2.24) is 19.3 Å². The van der Waals surface area contributed by atoms with Gasteiger partial charge in [-0.2, -0.15) is 16.9 Å². The SMILES string of the molecule is Cc1nn(C)c2c1nc(N)n2CC1(C)CCCS1. The first-order valence-corrected chi connectivity index (χ1v) is 7.28. The summed E-state index contributed by atoms with van der Waals surface area (Å²) in [6, 6.07) is 0. The van der Waals surface area contributed by atoms with Crippen molar-refractivity contribution in [1.29, 1.82) is 0 Å². The molecule has 1 aliphatic heterocycles. The number of nitrogens with two attached hydrogens (primary N) is 1. The predicted octanol–water partition coefficient (Wildman–Crippen LogP) is 1.95. The summed E-state index contributed by atoms with van der Waals surface area (Å²) in [6.07, 6.45) is 2.54. The van der Waals surface area contributed by atoms with E-state index in [9.17, 15) is 0 Å². The lowest BCUT2D eigenvalue weighted by atomic mass is 10.1. The Labute approximate surface area is 111 Å². The van der Waals surface area contributed by atoms with Gasteiger partial charge >= 0.3 is 0 Å². The minimum atomic E-state index is 0.278. The normalized spacial score (nSPS) is 24.2. The second kappa shape index (κ2) is 3.91. The first kappa shape index (κ1) is 11.9. The lowest BCUT2D eigenvalue weighted by molar-refractivity contribution is 0.516. The highest BCUT2D eigenvalue weighted by molar-refractivity contribution is 8.00. The van der Waals surface area contributed by atoms with Crippen molar-refractivity contribution < 1.29 is 0 Å². The van der Waals surface area contributed by atoms with E-state index in [2.05, 4.69) is 21.6 Å². The Bertz CT molecular complexity index is 591. The molecule has 0 aliphatic carbocycles. The molecule has 0 spiro atoms. The summed E-state index contributed by atoms with van der Waals surface area (Å²) in [6.45, 7) is 5.21. The summed E-state index contributed by atoms with van der Waals surface area (Å²) < 4.78 is 4.28. The topological polar surface area (TPSA) is 61.7 Å². The first-order valence-electron chi connectivity index (χ1n) is 6.29. The maximum absolute atomic E-state index is 6.07. The molecule has 0 amide bonds. The number of nitrogens with zero attached hydrogens (tertiary/aromatic N) is 4. The van der Waals surface area contributed by atoms with E-state index in [0.717, 1.165) is 23.4 Å². The molecule has 3 rings (SSSR count). The Morgan fingerprint density at radius 1 is 1.50 bits per heavy atom. The van der Waals surface area contributed by atoms with Gasteiger partial charge in [-0.15, -0.1) is 0 Å². The molecule has 1 saturated heterocycles. The Kier molecular flexibility index (Phi) is 2.59. The van der Waals surface area contributed by atoms with Crippen molar-refractivity contribution in [3.8, 4) is 0 Å². The predicted molar refractivity (Wildman–Crippen MR) is 75.7 cm³/mol. The van der Waals surface area contributed by atoms with E-state index in [0.29, 0.717) is 5.95 Å². The molecular formula is C12H19N5S. The van der Waals surface area contributed by atoms with E-state index >= 15 is 0 Å². The summed E-state index contributed by atoms with van der Waals surface area (Å²) in [7, 11) is 1.96. The molecule has 5 nitrogen and oxygen atoms in total. The van der Waals surface area contributed by atoms with Gasteiger partial charge in [-0.05, 0) is 32.4 Å². The van der Waals surface area contributed by atoms with E-state index in [4.69, 9.17) is 5.73 Å². The molecule has 2 aromatic heterocycles. The lowest BCUT2D eigenvalue weighted by Gasteiger charge is -2.23. The van der Waals surface area contributed by atoms with E-state index in [-0.39, 0.29) is 4.75 Å². The summed E-state index contributed by atoms with van der Waals surface area (Å²) >= 11 is 2.04. The zero-order valence-electron chi connectivity index (χ0n) is 11.1. The van der Waals surface area contributed by atoms with Crippen LogP contribution in [0, 0.1) is 6.92 Å². The standard InChI is InChI=1S/C12H19N5S/c1-8-9-10(16(3)15-8)17(11(13)14-9)7-12(2)5-4-6-18-12/h4-7H2,1-3H3,(H2,13,14). The Morgan fingerprint density at radius 3 is 2.94 bits per heavy atom. The minimum Gasteiger partial charge on any atom is -0.369 e. The quantitative estimate of drug-likeness (QED) is 0.901. The summed E-state index contributed by atoms with van der Waals surface area (Å²) in [4.78, 5) is 4.45. The number of aryl methyl sites for hydroxylation is 2. The van der Waals surface area contributed by atoms with Gasteiger partial charge in [-0.25, -0.2) is 4.98 Å². The van der Waals surface area contributed by atoms with Crippen molar-refractivity contribution >= 4 is 28.9 Å². The third-order valence-electron chi connectivity index (χ3n) is 3.71. The van der Waals surface area contributed by atoms with Crippen LogP contribution in [0.15, 0.2) is 0 Å². The fourth-order valence-electron chi connectivity index (χ4n) is 2.80. The molecule has 0 aromatic carbocycles. The molecule has 18 heavy (non-hydrogen) atoms. The van der Waals surface area contributed by atoms with Gasteiger partial charge in [-0.3, -0.25) is 9.25 Å². The number of thioether (sulfide) groups is 1. The van der Waals surface area contributed by atoms with Crippen LogP contribution in [0.4, 0.5) is 5.95 Å². The average molecular weight is 265 g/mol. The molecule has 2 aromatic rings. The van der Waals surface area contributed by atoms with Gasteiger partial charge < -0.3 is 5.73 Å². The highest BCUT2D eigenvalue weighted by Crippen LogP contribution is 2.40. The maximum Gasteiger partial charge on any atom is 0.202 e. The molecule has 0 bridgehead atoms. The molecule has 0 saturated carbocycles. The smallest absolute Gasteiger partial charge is 0.202 e. The van der Waals surface area contributed by atoms with Crippen LogP contribution in [0.3, 0.4) is 0 Å². The maximum atomic E-state index is 6.07. The van der Waals surface area contributed by atoms with E-state index in [1.807, 2.05) is 30.4 Å². The molecular weight excluding hydrogens is 246 g/mol. The van der Waals surface area contributed by atoms with Crippen molar-refractivity contribution in [3.63, 3.8) is 0 Å².